The van der Waals surface area contributed by atoms with E-state index in [1.165, 1.54) is 25.1 Å². The van der Waals surface area contributed by atoms with Crippen LogP contribution in [-0.4, -0.2) is 22.0 Å². The Morgan fingerprint density at radius 3 is 2.24 bits per heavy atom. The summed E-state index contributed by atoms with van der Waals surface area (Å²) in [6.07, 6.45) is 0. The molecule has 0 heterocycles. The van der Waals surface area contributed by atoms with E-state index in [1.807, 2.05) is 0 Å². The predicted molar refractivity (Wildman–Crippen MR) is 78.5 cm³/mol. The Kier molecular flexibility index (Phi) is 4.08. The molecule has 0 atom stereocenters. The van der Waals surface area contributed by atoms with Crippen LogP contribution in [0.15, 0.2) is 42.5 Å². The van der Waals surface area contributed by atoms with Crippen molar-refractivity contribution < 1.29 is 19.8 Å². The van der Waals surface area contributed by atoms with Crippen LogP contribution in [0.5, 0.6) is 11.5 Å². The lowest BCUT2D eigenvalue weighted by Crippen LogP contribution is -2.12. The van der Waals surface area contributed by atoms with Gasteiger partial charge in [-0.3, -0.25) is 9.59 Å². The van der Waals surface area contributed by atoms with Crippen molar-refractivity contribution in [1.82, 2.24) is 0 Å². The number of para-hydroxylation sites is 1. The maximum Gasteiger partial charge on any atom is 0.259 e. The number of nitrogens with one attached hydrogen (secondary N) is 2. The van der Waals surface area contributed by atoms with Crippen LogP contribution in [0.4, 0.5) is 11.4 Å². The first-order valence-electron chi connectivity index (χ1n) is 6.17. The van der Waals surface area contributed by atoms with Crippen molar-refractivity contribution in [2.24, 2.45) is 0 Å². The van der Waals surface area contributed by atoms with Gasteiger partial charge in [-0.25, -0.2) is 0 Å². The van der Waals surface area contributed by atoms with Gasteiger partial charge in [-0.1, -0.05) is 12.1 Å². The number of phenols is 2. The fourth-order valence-corrected chi connectivity index (χ4v) is 1.79. The monoisotopic (exact) mass is 286 g/mol. The summed E-state index contributed by atoms with van der Waals surface area (Å²) in [6.45, 7) is 1.38. The van der Waals surface area contributed by atoms with Crippen molar-refractivity contribution in [3.8, 4) is 11.5 Å². The highest BCUT2D eigenvalue weighted by Gasteiger charge is 2.14. The van der Waals surface area contributed by atoms with Gasteiger partial charge < -0.3 is 20.8 Å². The molecule has 0 radical (unpaired) electrons. The lowest BCUT2D eigenvalue weighted by molar-refractivity contribution is -0.114. The number of benzene rings is 2. The van der Waals surface area contributed by atoms with Gasteiger partial charge in [0.1, 0.15) is 0 Å². The number of carbonyl (C=O) groups excluding carboxylic acids is 2. The molecule has 0 unspecified atom stereocenters. The van der Waals surface area contributed by atoms with Gasteiger partial charge in [-0.05, 0) is 30.3 Å². The van der Waals surface area contributed by atoms with E-state index in [9.17, 15) is 19.8 Å². The second-order valence-electron chi connectivity index (χ2n) is 4.39. The lowest BCUT2D eigenvalue weighted by Gasteiger charge is -2.09. The van der Waals surface area contributed by atoms with Gasteiger partial charge >= 0.3 is 0 Å². The number of aromatic hydroxyl groups is 2. The summed E-state index contributed by atoms with van der Waals surface area (Å²) in [5, 5.41) is 24.2. The van der Waals surface area contributed by atoms with Crippen LogP contribution in [0.2, 0.25) is 0 Å². The van der Waals surface area contributed by atoms with E-state index < -0.39 is 11.7 Å². The SMILES string of the molecule is CC(=O)Nc1cccc(NC(=O)c2cccc(O)c2O)c1. The molecule has 0 aliphatic heterocycles. The molecule has 6 heteroatoms. The summed E-state index contributed by atoms with van der Waals surface area (Å²) in [6, 6.07) is 10.7. The zero-order valence-electron chi connectivity index (χ0n) is 11.3. The Hall–Kier alpha value is -3.02. The Morgan fingerprint density at radius 1 is 0.952 bits per heavy atom. The molecule has 4 N–H and O–H groups in total. The summed E-state index contributed by atoms with van der Waals surface area (Å²) in [5.41, 5.74) is 0.953. The Labute approximate surface area is 121 Å². The zero-order chi connectivity index (χ0) is 15.4. The molecule has 6 nitrogen and oxygen atoms in total. The fraction of sp³-hybridized carbons (Fsp3) is 0.0667. The number of anilines is 2. The average Bonchev–Trinajstić information content (AvgIpc) is 2.41. The van der Waals surface area contributed by atoms with Crippen LogP contribution >= 0.6 is 0 Å². The normalized spacial score (nSPS) is 9.95. The first-order chi connectivity index (χ1) is 9.97. The fourth-order valence-electron chi connectivity index (χ4n) is 1.79. The number of hydrogen-bond acceptors (Lipinski definition) is 4. The van der Waals surface area contributed by atoms with E-state index in [2.05, 4.69) is 10.6 Å². The molecule has 0 saturated carbocycles. The van der Waals surface area contributed by atoms with Gasteiger partial charge in [0, 0.05) is 18.3 Å². The first-order valence-corrected chi connectivity index (χ1v) is 6.17. The van der Waals surface area contributed by atoms with Crippen molar-refractivity contribution in [3.05, 3.63) is 48.0 Å². The van der Waals surface area contributed by atoms with Gasteiger partial charge in [0.05, 0.1) is 5.56 Å². The van der Waals surface area contributed by atoms with E-state index in [1.54, 1.807) is 24.3 Å². The average molecular weight is 286 g/mol. The highest BCUT2D eigenvalue weighted by atomic mass is 16.3. The third-order valence-corrected chi connectivity index (χ3v) is 2.70. The van der Waals surface area contributed by atoms with Crippen LogP contribution in [0, 0.1) is 0 Å². The minimum Gasteiger partial charge on any atom is -0.504 e. The molecule has 0 aliphatic rings. The number of hydrogen-bond donors (Lipinski definition) is 4. The molecule has 2 rings (SSSR count). The van der Waals surface area contributed by atoms with E-state index >= 15 is 0 Å². The van der Waals surface area contributed by atoms with E-state index in [-0.39, 0.29) is 17.2 Å². The molecule has 0 spiro atoms. The second kappa shape index (κ2) is 5.96. The van der Waals surface area contributed by atoms with Crippen molar-refractivity contribution >= 4 is 23.2 Å². The van der Waals surface area contributed by atoms with Gasteiger partial charge in [-0.2, -0.15) is 0 Å². The van der Waals surface area contributed by atoms with E-state index in [4.69, 9.17) is 0 Å². The molecular weight excluding hydrogens is 272 g/mol. The summed E-state index contributed by atoms with van der Waals surface area (Å²) >= 11 is 0. The lowest BCUT2D eigenvalue weighted by atomic mass is 10.1. The van der Waals surface area contributed by atoms with Crippen molar-refractivity contribution in [2.75, 3.05) is 10.6 Å². The van der Waals surface area contributed by atoms with Crippen molar-refractivity contribution in [1.29, 1.82) is 0 Å². The Morgan fingerprint density at radius 2 is 1.57 bits per heavy atom. The van der Waals surface area contributed by atoms with Gasteiger partial charge in [0.15, 0.2) is 11.5 Å². The van der Waals surface area contributed by atoms with Crippen molar-refractivity contribution in [2.45, 2.75) is 6.92 Å². The topological polar surface area (TPSA) is 98.7 Å². The first kappa shape index (κ1) is 14.4. The third kappa shape index (κ3) is 3.50. The molecule has 0 fully saturated rings. The van der Waals surface area contributed by atoms with Crippen LogP contribution in [0.1, 0.15) is 17.3 Å². The molecule has 2 aromatic carbocycles. The number of carbonyl (C=O) groups is 2. The maximum absolute atomic E-state index is 12.1. The summed E-state index contributed by atoms with van der Waals surface area (Å²) < 4.78 is 0. The summed E-state index contributed by atoms with van der Waals surface area (Å²) in [4.78, 5) is 23.0. The molecule has 2 aromatic rings. The number of phenolic OH excluding ortho intramolecular Hbond substituents is 2. The number of amides is 2. The standard InChI is InChI=1S/C15H14N2O4/c1-9(18)16-10-4-2-5-11(8-10)17-15(21)12-6-3-7-13(19)14(12)20/h2-8,19-20H,1H3,(H,16,18)(H,17,21). The predicted octanol–water partition coefficient (Wildman–Crippen LogP) is 2.31. The van der Waals surface area contributed by atoms with Gasteiger partial charge in [-0.15, -0.1) is 0 Å². The quantitative estimate of drug-likeness (QED) is 0.651. The van der Waals surface area contributed by atoms with Gasteiger partial charge in [0.25, 0.3) is 5.91 Å². The van der Waals surface area contributed by atoms with Crippen LogP contribution in [-0.2, 0) is 4.79 Å². The van der Waals surface area contributed by atoms with Crippen LogP contribution < -0.4 is 10.6 Å². The number of rotatable bonds is 3. The zero-order valence-corrected chi connectivity index (χ0v) is 11.3. The van der Waals surface area contributed by atoms with Crippen LogP contribution in [0.25, 0.3) is 0 Å². The summed E-state index contributed by atoms with van der Waals surface area (Å²) in [5.74, 6) is -1.63. The highest BCUT2D eigenvalue weighted by molar-refractivity contribution is 6.06. The molecule has 108 valence electrons. The molecular formula is C15H14N2O4. The van der Waals surface area contributed by atoms with Crippen LogP contribution in [0.3, 0.4) is 0 Å². The Bertz CT molecular complexity index is 698. The minimum atomic E-state index is -0.566. The minimum absolute atomic E-state index is 0.0417. The van der Waals surface area contributed by atoms with Crippen molar-refractivity contribution in [3.63, 3.8) is 0 Å². The Balaban J connectivity index is 2.20. The molecule has 0 saturated heterocycles. The largest absolute Gasteiger partial charge is 0.504 e. The highest BCUT2D eigenvalue weighted by Crippen LogP contribution is 2.28. The third-order valence-electron chi connectivity index (χ3n) is 2.70. The second-order valence-corrected chi connectivity index (χ2v) is 4.39. The maximum atomic E-state index is 12.1. The molecule has 2 amide bonds. The molecule has 0 aliphatic carbocycles. The van der Waals surface area contributed by atoms with E-state index in [0.29, 0.717) is 11.4 Å². The smallest absolute Gasteiger partial charge is 0.259 e. The van der Waals surface area contributed by atoms with E-state index in [0.717, 1.165) is 0 Å². The summed E-state index contributed by atoms with van der Waals surface area (Å²) in [7, 11) is 0. The molecule has 0 aromatic heterocycles. The molecule has 0 bridgehead atoms. The van der Waals surface area contributed by atoms with Gasteiger partial charge in [0.2, 0.25) is 5.91 Å². The molecule has 21 heavy (non-hydrogen) atoms.